The Labute approximate surface area is 84.7 Å². The van der Waals surface area contributed by atoms with Crippen molar-refractivity contribution in [2.24, 2.45) is 0 Å². The molecule has 0 atom stereocenters. The summed E-state index contributed by atoms with van der Waals surface area (Å²) in [5.41, 5.74) is -0.635. The number of rotatable bonds is 1. The van der Waals surface area contributed by atoms with Crippen LogP contribution in [0.3, 0.4) is 0 Å². The predicted octanol–water partition coefficient (Wildman–Crippen LogP) is 1.46. The molecular weight excluding hydrogens is 228 g/mol. The second-order valence-corrected chi connectivity index (χ2v) is 4.59. The van der Waals surface area contributed by atoms with Gasteiger partial charge in [0.15, 0.2) is 14.7 Å². The molecule has 1 aliphatic rings. The summed E-state index contributed by atoms with van der Waals surface area (Å²) in [6, 6.07) is -0.259. The molecule has 0 aromatic carbocycles. The average Bonchev–Trinajstić information content (AvgIpc) is 2.11. The van der Waals surface area contributed by atoms with Crippen molar-refractivity contribution < 1.29 is 21.9 Å². The van der Waals surface area contributed by atoms with E-state index in [1.807, 2.05) is 0 Å². The monoisotopic (exact) mass is 233 g/mol. The van der Waals surface area contributed by atoms with Crippen LogP contribution in [0.15, 0.2) is 34.7 Å². The van der Waals surface area contributed by atoms with Gasteiger partial charge in [0.25, 0.3) is 0 Å². The summed E-state index contributed by atoms with van der Waals surface area (Å²) in [5, 5.41) is 8.54. The molecule has 0 saturated carbocycles. The lowest BCUT2D eigenvalue weighted by atomic mass is 10.2. The molecule has 1 aliphatic heterocycles. The molecule has 4 nitrogen and oxygen atoms in total. The fourth-order valence-corrected chi connectivity index (χ4v) is 1.63. The Morgan fingerprint density at radius 1 is 1.53 bits per heavy atom. The third-order valence-electron chi connectivity index (χ3n) is 1.53. The van der Waals surface area contributed by atoms with Gasteiger partial charge in [-0.15, -0.1) is 0 Å². The normalized spacial score (nSPS) is 19.6. The van der Waals surface area contributed by atoms with E-state index in [2.05, 4.69) is 4.74 Å². The van der Waals surface area contributed by atoms with Crippen LogP contribution in [0, 0.1) is 11.3 Å². The second kappa shape index (κ2) is 3.82. The summed E-state index contributed by atoms with van der Waals surface area (Å²) in [7, 11) is -3.90. The number of nitriles is 1. The van der Waals surface area contributed by atoms with Gasteiger partial charge in [-0.05, 0) is 6.08 Å². The van der Waals surface area contributed by atoms with Crippen LogP contribution in [0.2, 0.25) is 0 Å². The molecule has 15 heavy (non-hydrogen) atoms. The van der Waals surface area contributed by atoms with Crippen LogP contribution in [-0.4, -0.2) is 14.7 Å². The number of nitrogens with zero attached hydrogens (tertiary/aromatic N) is 1. The van der Waals surface area contributed by atoms with E-state index in [9.17, 15) is 17.2 Å². The lowest BCUT2D eigenvalue weighted by Crippen LogP contribution is -2.05. The van der Waals surface area contributed by atoms with E-state index in [0.717, 1.165) is 18.6 Å². The summed E-state index contributed by atoms with van der Waals surface area (Å²) in [5.74, 6) is -1.50. The Hall–Kier alpha value is -1.68. The van der Waals surface area contributed by atoms with E-state index < -0.39 is 32.2 Å². The standard InChI is InChI=1S/C8H5F2NO3S/c1-15(12,13)6(4-11)5-2-3-14-8(10)7(5)9/h2-3H,1H3. The molecule has 0 radical (unpaired) electrons. The van der Waals surface area contributed by atoms with Crippen LogP contribution in [0.4, 0.5) is 8.78 Å². The molecule has 80 valence electrons. The summed E-state index contributed by atoms with van der Waals surface area (Å²) >= 11 is 0. The van der Waals surface area contributed by atoms with E-state index in [4.69, 9.17) is 5.26 Å². The van der Waals surface area contributed by atoms with Crippen molar-refractivity contribution in [2.75, 3.05) is 6.26 Å². The molecule has 0 aliphatic carbocycles. The number of hydrogen-bond acceptors (Lipinski definition) is 4. The van der Waals surface area contributed by atoms with Crippen LogP contribution in [0.25, 0.3) is 0 Å². The Bertz CT molecular complexity index is 523. The molecule has 0 aromatic heterocycles. The molecule has 0 unspecified atom stereocenters. The SMILES string of the molecule is CS(=O)(=O)C(C#N)=C1C=COC(F)=C1F. The number of hydrogen-bond donors (Lipinski definition) is 0. The topological polar surface area (TPSA) is 67.2 Å². The summed E-state index contributed by atoms with van der Waals surface area (Å²) in [6.45, 7) is 0. The van der Waals surface area contributed by atoms with E-state index >= 15 is 0 Å². The minimum atomic E-state index is -3.90. The van der Waals surface area contributed by atoms with Crippen molar-refractivity contribution in [1.82, 2.24) is 0 Å². The molecule has 0 amide bonds. The Morgan fingerprint density at radius 3 is 2.60 bits per heavy atom. The van der Waals surface area contributed by atoms with Gasteiger partial charge in [-0.1, -0.05) is 0 Å². The summed E-state index contributed by atoms with van der Waals surface area (Å²) in [6.07, 6.45) is 2.36. The Balaban J connectivity index is 3.50. The number of ether oxygens (including phenoxy) is 1. The Kier molecular flexibility index (Phi) is 2.90. The van der Waals surface area contributed by atoms with Crippen molar-refractivity contribution in [3.8, 4) is 6.07 Å². The summed E-state index contributed by atoms with van der Waals surface area (Å²) in [4.78, 5) is -0.838. The number of sulfone groups is 1. The lowest BCUT2D eigenvalue weighted by Gasteiger charge is -2.08. The zero-order valence-electron chi connectivity index (χ0n) is 7.49. The van der Waals surface area contributed by atoms with Crippen LogP contribution in [-0.2, 0) is 14.6 Å². The first kappa shape index (κ1) is 11.4. The average molecular weight is 233 g/mol. The molecule has 0 saturated heterocycles. The molecule has 0 N–H and O–H groups in total. The molecule has 7 heteroatoms. The maximum Gasteiger partial charge on any atom is 0.314 e. The molecule has 1 rings (SSSR count). The molecular formula is C8H5F2NO3S. The first-order valence-electron chi connectivity index (χ1n) is 3.61. The lowest BCUT2D eigenvalue weighted by molar-refractivity contribution is 0.224. The van der Waals surface area contributed by atoms with Gasteiger partial charge in [0, 0.05) is 11.8 Å². The van der Waals surface area contributed by atoms with Crippen molar-refractivity contribution in [3.05, 3.63) is 34.7 Å². The Morgan fingerprint density at radius 2 is 2.13 bits per heavy atom. The molecule has 0 bridgehead atoms. The minimum Gasteiger partial charge on any atom is -0.437 e. The van der Waals surface area contributed by atoms with Crippen molar-refractivity contribution in [3.63, 3.8) is 0 Å². The van der Waals surface area contributed by atoms with Crippen molar-refractivity contribution in [2.45, 2.75) is 0 Å². The highest BCUT2D eigenvalue weighted by Crippen LogP contribution is 2.28. The fourth-order valence-electron chi connectivity index (χ4n) is 0.911. The van der Waals surface area contributed by atoms with Gasteiger partial charge < -0.3 is 4.74 Å². The largest absolute Gasteiger partial charge is 0.437 e. The zero-order valence-corrected chi connectivity index (χ0v) is 8.31. The highest BCUT2D eigenvalue weighted by molar-refractivity contribution is 7.94. The molecule has 0 spiro atoms. The highest BCUT2D eigenvalue weighted by atomic mass is 32.2. The first-order valence-corrected chi connectivity index (χ1v) is 5.50. The quantitative estimate of drug-likeness (QED) is 0.643. The molecule has 0 aromatic rings. The second-order valence-electron chi connectivity index (χ2n) is 2.64. The zero-order chi connectivity index (χ0) is 11.6. The van der Waals surface area contributed by atoms with Gasteiger partial charge in [0.2, 0.25) is 5.83 Å². The van der Waals surface area contributed by atoms with Gasteiger partial charge in [0.05, 0.1) is 6.26 Å². The molecule has 0 fully saturated rings. The summed E-state index contributed by atoms with van der Waals surface area (Å²) < 4.78 is 51.8. The van der Waals surface area contributed by atoms with Crippen LogP contribution >= 0.6 is 0 Å². The smallest absolute Gasteiger partial charge is 0.314 e. The maximum atomic E-state index is 13.1. The molecule has 1 heterocycles. The van der Waals surface area contributed by atoms with E-state index in [1.54, 1.807) is 0 Å². The van der Waals surface area contributed by atoms with Crippen molar-refractivity contribution in [1.29, 1.82) is 5.26 Å². The van der Waals surface area contributed by atoms with Gasteiger partial charge in [0.1, 0.15) is 6.07 Å². The van der Waals surface area contributed by atoms with Crippen LogP contribution in [0.5, 0.6) is 0 Å². The van der Waals surface area contributed by atoms with Crippen LogP contribution in [0.1, 0.15) is 0 Å². The van der Waals surface area contributed by atoms with E-state index in [1.165, 1.54) is 6.07 Å². The van der Waals surface area contributed by atoms with E-state index in [0.29, 0.717) is 0 Å². The van der Waals surface area contributed by atoms with Gasteiger partial charge in [-0.25, -0.2) is 8.42 Å². The van der Waals surface area contributed by atoms with Gasteiger partial charge >= 0.3 is 6.01 Å². The fraction of sp³-hybridized carbons (Fsp3) is 0.125. The van der Waals surface area contributed by atoms with Crippen LogP contribution < -0.4 is 0 Å². The van der Waals surface area contributed by atoms with Gasteiger partial charge in [-0.3, -0.25) is 0 Å². The number of allylic oxidation sites excluding steroid dienone is 4. The third kappa shape index (κ3) is 2.22. The van der Waals surface area contributed by atoms with Crippen molar-refractivity contribution >= 4 is 9.84 Å². The first-order chi connectivity index (χ1) is 6.88. The maximum absolute atomic E-state index is 13.1. The number of halogens is 2. The minimum absolute atomic E-state index is 0.635. The van der Waals surface area contributed by atoms with Gasteiger partial charge in [-0.2, -0.15) is 14.0 Å². The highest BCUT2D eigenvalue weighted by Gasteiger charge is 2.24. The van der Waals surface area contributed by atoms with E-state index in [-0.39, 0.29) is 0 Å². The third-order valence-corrected chi connectivity index (χ3v) is 2.58. The predicted molar refractivity (Wildman–Crippen MR) is 46.9 cm³/mol.